The van der Waals surface area contributed by atoms with Crippen molar-refractivity contribution in [3.63, 3.8) is 0 Å². The first-order valence-electron chi connectivity index (χ1n) is 9.68. The van der Waals surface area contributed by atoms with Crippen molar-refractivity contribution in [2.45, 2.75) is 24.9 Å². The number of hydrogen-bond donors (Lipinski definition) is 9. The molecule has 0 aliphatic heterocycles. The van der Waals surface area contributed by atoms with Gasteiger partial charge in [0.15, 0.2) is 0 Å². The van der Waals surface area contributed by atoms with Gasteiger partial charge in [-0.15, -0.1) is 0 Å². The SMILES string of the molecule is N[C@@H](CCC(=O)N[C@@H](CSCC(=O)N[As](O)(O)(O)c1ccccc1)C(=O)NCC(=O)O)C(=O)O. The van der Waals surface area contributed by atoms with Crippen LogP contribution in [-0.2, 0) is 24.0 Å². The number of benzene rings is 1. The zero-order valence-corrected chi connectivity index (χ0v) is 20.5. The summed E-state index contributed by atoms with van der Waals surface area (Å²) in [6.07, 6.45) is -0.535. The molecule has 34 heavy (non-hydrogen) atoms. The van der Waals surface area contributed by atoms with Gasteiger partial charge in [0.05, 0.1) is 0 Å². The fourth-order valence-electron chi connectivity index (χ4n) is 2.44. The van der Waals surface area contributed by atoms with Crippen LogP contribution in [0.4, 0.5) is 0 Å². The third-order valence-electron chi connectivity index (χ3n) is 4.15. The van der Waals surface area contributed by atoms with Gasteiger partial charge in [-0.25, -0.2) is 0 Å². The van der Waals surface area contributed by atoms with Crippen molar-refractivity contribution in [3.8, 4) is 0 Å². The summed E-state index contributed by atoms with van der Waals surface area (Å²) in [4.78, 5) is 57.9. The van der Waals surface area contributed by atoms with Crippen LogP contribution in [0.3, 0.4) is 0 Å². The number of amides is 3. The molecule has 0 aliphatic carbocycles. The number of carbonyl (C=O) groups excluding carboxylic acids is 3. The Morgan fingerprint density at radius 3 is 2.18 bits per heavy atom. The second kappa shape index (κ2) is 12.7. The normalized spacial score (nSPS) is 14.1. The van der Waals surface area contributed by atoms with Crippen LogP contribution in [0.5, 0.6) is 0 Å². The molecular weight excluding hydrogens is 539 g/mol. The summed E-state index contributed by atoms with van der Waals surface area (Å²) in [6, 6.07) is 4.32. The second-order valence-corrected chi connectivity index (χ2v) is 13.8. The van der Waals surface area contributed by atoms with Crippen LogP contribution in [0.15, 0.2) is 30.3 Å². The number of hydrogen-bond acceptors (Lipinski definition) is 10. The zero-order valence-electron chi connectivity index (χ0n) is 17.8. The minimum Gasteiger partial charge on any atom is -0.480 e. The molecule has 0 radical (unpaired) electrons. The first-order chi connectivity index (χ1) is 15.7. The predicted octanol–water partition coefficient (Wildman–Crippen LogP) is -4.01. The van der Waals surface area contributed by atoms with Gasteiger partial charge in [-0.05, 0) is 0 Å². The molecule has 0 heterocycles. The second-order valence-electron chi connectivity index (χ2n) is 7.08. The smallest absolute Gasteiger partial charge is 0.480 e. The summed E-state index contributed by atoms with van der Waals surface area (Å²) in [5.74, 6) is -5.88. The maximum absolute atomic E-state index is 12.2. The van der Waals surface area contributed by atoms with Crippen molar-refractivity contribution in [2.75, 3.05) is 18.1 Å². The van der Waals surface area contributed by atoms with E-state index in [-0.39, 0.29) is 22.9 Å². The molecule has 0 bridgehead atoms. The first kappa shape index (κ1) is 29.4. The van der Waals surface area contributed by atoms with E-state index in [1.807, 2.05) is 4.23 Å². The fraction of sp³-hybridized carbons (Fsp3) is 0.389. The maximum atomic E-state index is 12.2. The molecule has 10 N–H and O–H groups in total. The fourth-order valence-corrected chi connectivity index (χ4v) is 6.44. The molecule has 3 amide bonds. The number of nitrogens with two attached hydrogens (primary N) is 1. The van der Waals surface area contributed by atoms with E-state index in [9.17, 15) is 36.3 Å². The van der Waals surface area contributed by atoms with E-state index in [1.54, 1.807) is 6.07 Å². The Bertz CT molecular complexity index is 909. The quantitative estimate of drug-likeness (QED) is 0.0978. The van der Waals surface area contributed by atoms with E-state index in [0.29, 0.717) is 0 Å². The Balaban J connectivity index is 2.71. The molecule has 0 fully saturated rings. The van der Waals surface area contributed by atoms with Crippen LogP contribution in [0.1, 0.15) is 12.8 Å². The van der Waals surface area contributed by atoms with Gasteiger partial charge in [0.25, 0.3) is 0 Å². The minimum atomic E-state index is -6.30. The Labute approximate surface area is 199 Å². The first-order valence-corrected chi connectivity index (χ1v) is 15.2. The molecule has 0 spiro atoms. The molecule has 14 nitrogen and oxygen atoms in total. The zero-order chi connectivity index (χ0) is 26.0. The Hall–Kier alpha value is -2.68. The van der Waals surface area contributed by atoms with E-state index in [4.69, 9.17) is 15.9 Å². The minimum absolute atomic E-state index is 0.210. The number of carboxylic acids is 2. The van der Waals surface area contributed by atoms with Crippen molar-refractivity contribution >= 4 is 59.5 Å². The molecule has 16 heteroatoms. The number of nitrogens with one attached hydrogen (secondary N) is 3. The van der Waals surface area contributed by atoms with Crippen molar-refractivity contribution in [2.24, 2.45) is 5.73 Å². The molecule has 1 aromatic carbocycles. The topological polar surface area (TPSA) is 249 Å². The molecular formula is C18H27AsN4O10S. The molecule has 0 saturated heterocycles. The summed E-state index contributed by atoms with van der Waals surface area (Å²) < 4.78 is 32.2. The third kappa shape index (κ3) is 10.5. The van der Waals surface area contributed by atoms with E-state index in [0.717, 1.165) is 11.8 Å². The van der Waals surface area contributed by atoms with Gasteiger partial charge >= 0.3 is 190 Å². The molecule has 1 rings (SSSR count). The van der Waals surface area contributed by atoms with Crippen LogP contribution in [0.2, 0.25) is 0 Å². The van der Waals surface area contributed by atoms with E-state index in [2.05, 4.69) is 10.6 Å². The van der Waals surface area contributed by atoms with Gasteiger partial charge in [0, 0.05) is 0 Å². The summed E-state index contributed by atoms with van der Waals surface area (Å²) in [6.45, 7) is -0.729. The van der Waals surface area contributed by atoms with Crippen molar-refractivity contribution in [3.05, 3.63) is 30.3 Å². The van der Waals surface area contributed by atoms with Crippen LogP contribution in [0.25, 0.3) is 0 Å². The van der Waals surface area contributed by atoms with E-state index < -0.39 is 67.7 Å². The van der Waals surface area contributed by atoms with Gasteiger partial charge in [0.1, 0.15) is 0 Å². The van der Waals surface area contributed by atoms with Gasteiger partial charge in [-0.1, -0.05) is 0 Å². The third-order valence-corrected chi connectivity index (χ3v) is 9.19. The predicted molar refractivity (Wildman–Crippen MR) is 121 cm³/mol. The molecule has 0 saturated carbocycles. The number of carbonyl (C=O) groups is 5. The summed E-state index contributed by atoms with van der Waals surface area (Å²) in [7, 11) is 0. The summed E-state index contributed by atoms with van der Waals surface area (Å²) in [5.41, 5.74) is 5.32. The van der Waals surface area contributed by atoms with Crippen molar-refractivity contribution < 1.29 is 46.5 Å². The molecule has 0 aromatic heterocycles. The number of thioether (sulfide) groups is 1. The van der Waals surface area contributed by atoms with Gasteiger partial charge < -0.3 is 5.11 Å². The van der Waals surface area contributed by atoms with Crippen LogP contribution >= 0.6 is 11.8 Å². The number of carboxylic acid groups (broad SMARTS) is 2. The summed E-state index contributed by atoms with van der Waals surface area (Å²) >= 11 is -5.52. The monoisotopic (exact) mass is 566 g/mol. The standard InChI is InChI=1S/C18H27AsN4O10S/c20-12(18(29)30)6-7-14(24)22-13(17(28)21-8-16(26)27)9-34-10-15(25)23-19(31,32,33)11-4-2-1-3-5-11/h1-5,12-13,31-33H,6-10,20H2,(H,21,28)(H,22,24)(H,23,25)(H,26,27)(H,29,30)/t12-,13-/m0/s1. The van der Waals surface area contributed by atoms with Gasteiger partial charge in [-0.2, -0.15) is 0 Å². The van der Waals surface area contributed by atoms with Gasteiger partial charge in [-0.3, -0.25) is 4.79 Å². The molecule has 2 atom stereocenters. The van der Waals surface area contributed by atoms with Crippen LogP contribution in [0, 0.1) is 0 Å². The van der Waals surface area contributed by atoms with Gasteiger partial charge in [0.2, 0.25) is 0 Å². The summed E-state index contributed by atoms with van der Waals surface area (Å²) in [5, 5.41) is 21.8. The Morgan fingerprint density at radius 1 is 1.00 bits per heavy atom. The van der Waals surface area contributed by atoms with E-state index >= 15 is 0 Å². The van der Waals surface area contributed by atoms with Crippen molar-refractivity contribution in [1.82, 2.24) is 14.9 Å². The number of aliphatic carboxylic acids is 2. The molecule has 1 aromatic rings. The van der Waals surface area contributed by atoms with E-state index in [1.165, 1.54) is 24.3 Å². The Kier molecular flexibility index (Phi) is 11.0. The molecule has 190 valence electrons. The van der Waals surface area contributed by atoms with Crippen LogP contribution in [-0.4, -0.2) is 96.0 Å². The number of rotatable bonds is 14. The van der Waals surface area contributed by atoms with Crippen LogP contribution < -0.4 is 25.0 Å². The Morgan fingerprint density at radius 2 is 1.62 bits per heavy atom. The average Bonchev–Trinajstić information content (AvgIpc) is 2.74. The molecule has 0 unspecified atom stereocenters. The average molecular weight is 566 g/mol. The van der Waals surface area contributed by atoms with Crippen molar-refractivity contribution in [1.29, 1.82) is 0 Å². The molecule has 0 aliphatic rings.